The Morgan fingerprint density at radius 1 is 1.21 bits per heavy atom. The number of para-hydroxylation sites is 1. The quantitative estimate of drug-likeness (QED) is 0.713. The van der Waals surface area contributed by atoms with Gasteiger partial charge in [0, 0.05) is 11.1 Å². The standard InChI is InChI=1S/C16H23NOS/c1-3-9-17-14(12-19-10-4-2)16-11-13-7-5-6-8-15(13)18-16/h5-8,11,14,17H,3-4,9-10,12H2,1-2H3. The number of rotatable bonds is 8. The van der Waals surface area contributed by atoms with E-state index in [1.165, 1.54) is 17.6 Å². The summed E-state index contributed by atoms with van der Waals surface area (Å²) in [5, 5.41) is 4.79. The molecule has 1 atom stereocenters. The van der Waals surface area contributed by atoms with E-state index in [1.54, 1.807) is 0 Å². The van der Waals surface area contributed by atoms with Gasteiger partial charge in [0.1, 0.15) is 11.3 Å². The minimum atomic E-state index is 0.323. The van der Waals surface area contributed by atoms with Crippen molar-refractivity contribution in [1.29, 1.82) is 0 Å². The van der Waals surface area contributed by atoms with Crippen LogP contribution >= 0.6 is 11.8 Å². The van der Waals surface area contributed by atoms with Gasteiger partial charge in [-0.3, -0.25) is 0 Å². The number of nitrogens with one attached hydrogen (secondary N) is 1. The van der Waals surface area contributed by atoms with Crippen molar-refractivity contribution in [2.24, 2.45) is 0 Å². The molecule has 2 aromatic rings. The first-order chi connectivity index (χ1) is 9.35. The molecule has 0 saturated heterocycles. The summed E-state index contributed by atoms with van der Waals surface area (Å²) in [5.74, 6) is 3.36. The predicted molar refractivity (Wildman–Crippen MR) is 84.9 cm³/mol. The van der Waals surface area contributed by atoms with Gasteiger partial charge in [-0.1, -0.05) is 32.0 Å². The van der Waals surface area contributed by atoms with Crippen LogP contribution in [-0.4, -0.2) is 18.1 Å². The summed E-state index contributed by atoms with van der Waals surface area (Å²) in [7, 11) is 0. The molecule has 1 aromatic heterocycles. The number of thioether (sulfide) groups is 1. The third-order valence-electron chi connectivity index (χ3n) is 3.06. The Morgan fingerprint density at radius 3 is 2.79 bits per heavy atom. The summed E-state index contributed by atoms with van der Waals surface area (Å²) >= 11 is 1.99. The van der Waals surface area contributed by atoms with Crippen molar-refractivity contribution in [2.45, 2.75) is 32.7 Å². The first-order valence-electron chi connectivity index (χ1n) is 7.14. The Bertz CT molecular complexity index is 461. The van der Waals surface area contributed by atoms with Crippen LogP contribution in [-0.2, 0) is 0 Å². The van der Waals surface area contributed by atoms with E-state index < -0.39 is 0 Å². The number of fused-ring (bicyclic) bond motifs is 1. The van der Waals surface area contributed by atoms with Gasteiger partial charge in [-0.25, -0.2) is 0 Å². The maximum atomic E-state index is 5.98. The van der Waals surface area contributed by atoms with Crippen LogP contribution in [0.2, 0.25) is 0 Å². The van der Waals surface area contributed by atoms with Crippen LogP contribution in [0.5, 0.6) is 0 Å². The minimum absolute atomic E-state index is 0.323. The van der Waals surface area contributed by atoms with Crippen LogP contribution in [0.15, 0.2) is 34.7 Å². The van der Waals surface area contributed by atoms with Crippen LogP contribution in [0.25, 0.3) is 11.0 Å². The van der Waals surface area contributed by atoms with Gasteiger partial charge in [-0.05, 0) is 37.3 Å². The van der Waals surface area contributed by atoms with Crippen molar-refractivity contribution in [1.82, 2.24) is 5.32 Å². The zero-order valence-electron chi connectivity index (χ0n) is 11.8. The molecule has 0 amide bonds. The van der Waals surface area contributed by atoms with Gasteiger partial charge >= 0.3 is 0 Å². The van der Waals surface area contributed by atoms with Gasteiger partial charge < -0.3 is 9.73 Å². The fourth-order valence-electron chi connectivity index (χ4n) is 2.08. The molecule has 19 heavy (non-hydrogen) atoms. The fourth-order valence-corrected chi connectivity index (χ4v) is 3.05. The summed E-state index contributed by atoms with van der Waals surface area (Å²) in [5.41, 5.74) is 0.987. The molecule has 0 saturated carbocycles. The summed E-state index contributed by atoms with van der Waals surface area (Å²) < 4.78 is 5.98. The summed E-state index contributed by atoms with van der Waals surface area (Å²) in [6, 6.07) is 10.7. The molecule has 3 heteroatoms. The Labute approximate surface area is 119 Å². The van der Waals surface area contributed by atoms with Gasteiger partial charge in [0.05, 0.1) is 6.04 Å². The first-order valence-corrected chi connectivity index (χ1v) is 8.30. The van der Waals surface area contributed by atoms with Crippen LogP contribution in [0, 0.1) is 0 Å². The van der Waals surface area contributed by atoms with Crippen molar-refractivity contribution >= 4 is 22.7 Å². The molecule has 2 rings (SSSR count). The lowest BCUT2D eigenvalue weighted by Crippen LogP contribution is -2.23. The van der Waals surface area contributed by atoms with E-state index in [9.17, 15) is 0 Å². The molecule has 0 spiro atoms. The van der Waals surface area contributed by atoms with Crippen molar-refractivity contribution in [3.8, 4) is 0 Å². The fraction of sp³-hybridized carbons (Fsp3) is 0.500. The van der Waals surface area contributed by atoms with E-state index in [4.69, 9.17) is 4.42 Å². The SMILES string of the molecule is CCCNC(CSCCC)c1cc2ccccc2o1. The van der Waals surface area contributed by atoms with Crippen molar-refractivity contribution < 1.29 is 4.42 Å². The molecule has 2 nitrogen and oxygen atoms in total. The van der Waals surface area contributed by atoms with Crippen LogP contribution < -0.4 is 5.32 Å². The Morgan fingerprint density at radius 2 is 2.05 bits per heavy atom. The van der Waals surface area contributed by atoms with Crippen molar-refractivity contribution in [3.05, 3.63) is 36.1 Å². The number of hydrogen-bond donors (Lipinski definition) is 1. The average molecular weight is 277 g/mol. The topological polar surface area (TPSA) is 25.2 Å². The lowest BCUT2D eigenvalue weighted by molar-refractivity contribution is 0.456. The second kappa shape index (κ2) is 7.61. The Kier molecular flexibility index (Phi) is 5.80. The van der Waals surface area contributed by atoms with Gasteiger partial charge in [-0.2, -0.15) is 11.8 Å². The normalized spacial score (nSPS) is 12.9. The molecule has 1 aromatic carbocycles. The van der Waals surface area contributed by atoms with Gasteiger partial charge in [0.15, 0.2) is 0 Å². The number of furan rings is 1. The van der Waals surface area contributed by atoms with Gasteiger partial charge in [-0.15, -0.1) is 0 Å². The second-order valence-electron chi connectivity index (χ2n) is 4.77. The minimum Gasteiger partial charge on any atom is -0.459 e. The van der Waals surface area contributed by atoms with E-state index in [0.717, 1.165) is 30.1 Å². The molecule has 1 N–H and O–H groups in total. The van der Waals surface area contributed by atoms with E-state index >= 15 is 0 Å². The molecular weight excluding hydrogens is 254 g/mol. The second-order valence-corrected chi connectivity index (χ2v) is 5.92. The van der Waals surface area contributed by atoms with Crippen LogP contribution in [0.3, 0.4) is 0 Å². The largest absolute Gasteiger partial charge is 0.459 e. The molecule has 0 aliphatic heterocycles. The zero-order chi connectivity index (χ0) is 13.5. The molecule has 0 bridgehead atoms. The summed E-state index contributed by atoms with van der Waals surface area (Å²) in [6.45, 7) is 5.46. The molecule has 0 aliphatic carbocycles. The Balaban J connectivity index is 2.10. The van der Waals surface area contributed by atoms with Crippen LogP contribution in [0.1, 0.15) is 38.5 Å². The monoisotopic (exact) mass is 277 g/mol. The lowest BCUT2D eigenvalue weighted by Gasteiger charge is -2.15. The van der Waals surface area contributed by atoms with Crippen LogP contribution in [0.4, 0.5) is 0 Å². The highest BCUT2D eigenvalue weighted by atomic mass is 32.2. The maximum Gasteiger partial charge on any atom is 0.134 e. The van der Waals surface area contributed by atoms with E-state index in [0.29, 0.717) is 6.04 Å². The maximum absolute atomic E-state index is 5.98. The summed E-state index contributed by atoms with van der Waals surface area (Å²) in [4.78, 5) is 0. The molecular formula is C16H23NOS. The number of hydrogen-bond acceptors (Lipinski definition) is 3. The number of benzene rings is 1. The van der Waals surface area contributed by atoms with E-state index in [1.807, 2.05) is 23.9 Å². The third-order valence-corrected chi connectivity index (χ3v) is 4.33. The predicted octanol–water partition coefficient (Wildman–Crippen LogP) is 4.62. The smallest absolute Gasteiger partial charge is 0.134 e. The van der Waals surface area contributed by atoms with Crippen molar-refractivity contribution in [2.75, 3.05) is 18.1 Å². The highest BCUT2D eigenvalue weighted by molar-refractivity contribution is 7.99. The average Bonchev–Trinajstić information content (AvgIpc) is 2.86. The molecule has 104 valence electrons. The molecule has 0 radical (unpaired) electrons. The lowest BCUT2D eigenvalue weighted by atomic mass is 10.2. The summed E-state index contributed by atoms with van der Waals surface area (Å²) in [6.07, 6.45) is 2.38. The third kappa shape index (κ3) is 4.02. The molecule has 1 heterocycles. The van der Waals surface area contributed by atoms with Crippen molar-refractivity contribution in [3.63, 3.8) is 0 Å². The first kappa shape index (κ1) is 14.5. The zero-order valence-corrected chi connectivity index (χ0v) is 12.6. The molecule has 0 aliphatic rings. The molecule has 1 unspecified atom stereocenters. The highest BCUT2D eigenvalue weighted by Crippen LogP contribution is 2.26. The Hall–Kier alpha value is -0.930. The van der Waals surface area contributed by atoms with Gasteiger partial charge in [0.2, 0.25) is 0 Å². The van der Waals surface area contributed by atoms with Gasteiger partial charge in [0.25, 0.3) is 0 Å². The van der Waals surface area contributed by atoms with E-state index in [-0.39, 0.29) is 0 Å². The highest BCUT2D eigenvalue weighted by Gasteiger charge is 2.15. The molecule has 0 fully saturated rings. The van der Waals surface area contributed by atoms with E-state index in [2.05, 4.69) is 37.4 Å².